The van der Waals surface area contributed by atoms with Crippen molar-refractivity contribution in [3.63, 3.8) is 0 Å². The lowest BCUT2D eigenvalue weighted by Gasteiger charge is -2.34. The summed E-state index contributed by atoms with van der Waals surface area (Å²) in [5.41, 5.74) is 19.9. The van der Waals surface area contributed by atoms with Gasteiger partial charge < -0.3 is 9.80 Å². The molecule has 0 saturated heterocycles. The molecule has 0 N–H and O–H groups in total. The quantitative estimate of drug-likeness (QED) is 0.113. The van der Waals surface area contributed by atoms with Crippen LogP contribution in [0, 0.1) is 13.8 Å². The van der Waals surface area contributed by atoms with Gasteiger partial charge in [-0.25, -0.2) is 0 Å². The molecule has 2 heteroatoms. The number of allylic oxidation sites excluding steroid dienone is 2. The van der Waals surface area contributed by atoms with Gasteiger partial charge in [-0.1, -0.05) is 194 Å². The lowest BCUT2D eigenvalue weighted by Crippen LogP contribution is -2.16. The van der Waals surface area contributed by atoms with Gasteiger partial charge in [-0.05, 0) is 158 Å². The molecule has 68 heavy (non-hydrogen) atoms. The van der Waals surface area contributed by atoms with Crippen LogP contribution in [0.2, 0.25) is 0 Å². The molecule has 0 radical (unpaired) electrons. The molecule has 2 fully saturated rings. The fourth-order valence-electron chi connectivity index (χ4n) is 10.2. The van der Waals surface area contributed by atoms with Crippen LogP contribution in [0.15, 0.2) is 193 Å². The molecule has 2 nitrogen and oxygen atoms in total. The minimum atomic E-state index is 1.12. The SMILES string of the molecule is Cc1c(C)c(N(c2ccccc2)c2ccc(/C=C/c3ccc(C=C4CCCCC4)cc3)cc2)c2ccccc2c1N(c1ccccc1)c1ccc(/C=C/c2ccc(C=C3CCCCC3)cc2)cc1. The van der Waals surface area contributed by atoms with Crippen molar-refractivity contribution in [3.8, 4) is 0 Å². The first kappa shape index (κ1) is 44.4. The van der Waals surface area contributed by atoms with Gasteiger partial charge in [-0.3, -0.25) is 0 Å². The summed E-state index contributed by atoms with van der Waals surface area (Å²) >= 11 is 0. The lowest BCUT2D eigenvalue weighted by molar-refractivity contribution is 0.602. The smallest absolute Gasteiger partial charge is 0.0573 e. The zero-order chi connectivity index (χ0) is 46.1. The van der Waals surface area contributed by atoms with Gasteiger partial charge in [0.1, 0.15) is 0 Å². The van der Waals surface area contributed by atoms with Crippen molar-refractivity contribution in [3.05, 3.63) is 238 Å². The van der Waals surface area contributed by atoms with Gasteiger partial charge in [0.25, 0.3) is 0 Å². The van der Waals surface area contributed by atoms with E-state index in [1.54, 1.807) is 11.1 Å². The van der Waals surface area contributed by atoms with E-state index in [1.165, 1.54) is 131 Å². The third kappa shape index (κ3) is 10.3. The molecule has 0 aliphatic heterocycles. The summed E-state index contributed by atoms with van der Waals surface area (Å²) < 4.78 is 0. The van der Waals surface area contributed by atoms with Crippen LogP contribution in [-0.4, -0.2) is 0 Å². The van der Waals surface area contributed by atoms with Gasteiger partial charge in [-0.15, -0.1) is 0 Å². The second-order valence-corrected chi connectivity index (χ2v) is 18.7. The van der Waals surface area contributed by atoms with Gasteiger partial charge in [-0.2, -0.15) is 0 Å². The van der Waals surface area contributed by atoms with E-state index in [1.807, 2.05) is 0 Å². The third-order valence-corrected chi connectivity index (χ3v) is 14.0. The van der Waals surface area contributed by atoms with Crippen molar-refractivity contribution in [2.24, 2.45) is 0 Å². The Bertz CT molecular complexity index is 2850. The predicted octanol–water partition coefficient (Wildman–Crippen LogP) is 19.4. The van der Waals surface area contributed by atoms with Crippen LogP contribution in [0.5, 0.6) is 0 Å². The largest absolute Gasteiger partial charge is 0.310 e. The first-order valence-electron chi connectivity index (χ1n) is 24.9. The number of hydrogen-bond acceptors (Lipinski definition) is 2. The first-order chi connectivity index (χ1) is 33.5. The molecule has 336 valence electrons. The molecular weight excluding hydrogens is 821 g/mol. The maximum atomic E-state index is 2.44. The van der Waals surface area contributed by atoms with E-state index in [0.29, 0.717) is 0 Å². The maximum absolute atomic E-state index is 2.44. The molecule has 10 rings (SSSR count). The van der Waals surface area contributed by atoms with Gasteiger partial charge in [0.2, 0.25) is 0 Å². The fraction of sp³-hybridized carbons (Fsp3) is 0.182. The standard InChI is InChI=1S/C66H62N2/c1-49-50(2)66(68(60-23-13-6-14-24-60)62-45-41-54(42-46-62)30-28-52-33-37-58(38-34-52)48-56-19-9-4-10-20-56)64-26-16-15-25-63(64)65(49)67(59-21-11-5-12-22-59)61-43-39-53(40-44-61)29-27-51-31-35-57(36-32-51)47-55-17-7-3-8-18-55/h5-6,11-16,21-48H,3-4,7-10,17-20H2,1-2H3/b29-27+,30-28+. The van der Waals surface area contributed by atoms with E-state index in [9.17, 15) is 0 Å². The molecule has 0 heterocycles. The summed E-state index contributed by atoms with van der Waals surface area (Å²) in [4.78, 5) is 4.88. The summed E-state index contributed by atoms with van der Waals surface area (Å²) in [5.74, 6) is 0. The molecule has 0 aromatic heterocycles. The number of fused-ring (bicyclic) bond motifs is 1. The zero-order valence-corrected chi connectivity index (χ0v) is 39.8. The van der Waals surface area contributed by atoms with Crippen LogP contribution in [0.4, 0.5) is 34.1 Å². The third-order valence-electron chi connectivity index (χ3n) is 14.0. The summed E-state index contributed by atoms with van der Waals surface area (Å²) in [5, 5.41) is 2.39. The highest BCUT2D eigenvalue weighted by molar-refractivity contribution is 6.10. The summed E-state index contributed by atoms with van der Waals surface area (Å²) in [6, 6.07) is 66.5. The van der Waals surface area contributed by atoms with Crippen molar-refractivity contribution < 1.29 is 0 Å². The predicted molar refractivity (Wildman–Crippen MR) is 296 cm³/mol. The van der Waals surface area contributed by atoms with E-state index in [4.69, 9.17) is 0 Å². The van der Waals surface area contributed by atoms with Crippen molar-refractivity contribution in [1.29, 1.82) is 0 Å². The average molecular weight is 883 g/mol. The molecule has 2 aliphatic carbocycles. The Balaban J connectivity index is 0.963. The Labute approximate surface area is 405 Å². The Hall–Kier alpha value is -7.42. The van der Waals surface area contributed by atoms with Gasteiger partial charge in [0, 0.05) is 33.5 Å². The Morgan fingerprint density at radius 2 is 0.574 bits per heavy atom. The highest BCUT2D eigenvalue weighted by Crippen LogP contribution is 2.49. The Kier molecular flexibility index (Phi) is 13.7. The molecule has 0 spiro atoms. The summed E-state index contributed by atoms with van der Waals surface area (Å²) in [6.45, 7) is 4.59. The number of rotatable bonds is 12. The lowest BCUT2D eigenvalue weighted by atomic mass is 9.93. The second kappa shape index (κ2) is 21.0. The molecule has 8 aromatic carbocycles. The average Bonchev–Trinajstić information content (AvgIpc) is 3.40. The van der Waals surface area contributed by atoms with E-state index in [2.05, 4.69) is 242 Å². The number of benzene rings is 8. The van der Waals surface area contributed by atoms with E-state index in [0.717, 1.165) is 22.7 Å². The molecule has 0 amide bonds. The second-order valence-electron chi connectivity index (χ2n) is 18.7. The van der Waals surface area contributed by atoms with Gasteiger partial charge >= 0.3 is 0 Å². The first-order valence-corrected chi connectivity index (χ1v) is 24.9. The molecule has 0 unspecified atom stereocenters. The number of nitrogens with zero attached hydrogens (tertiary/aromatic N) is 2. The molecule has 8 aromatic rings. The molecule has 2 aliphatic rings. The van der Waals surface area contributed by atoms with E-state index >= 15 is 0 Å². The minimum Gasteiger partial charge on any atom is -0.310 e. The number of hydrogen-bond donors (Lipinski definition) is 0. The van der Waals surface area contributed by atoms with Crippen LogP contribution < -0.4 is 9.80 Å². The van der Waals surface area contributed by atoms with Crippen LogP contribution >= 0.6 is 0 Å². The van der Waals surface area contributed by atoms with Crippen LogP contribution in [0.1, 0.15) is 109 Å². The maximum Gasteiger partial charge on any atom is 0.0573 e. The number of para-hydroxylation sites is 2. The summed E-state index contributed by atoms with van der Waals surface area (Å²) in [6.07, 6.45) is 26.7. The number of anilines is 6. The van der Waals surface area contributed by atoms with Crippen LogP contribution in [-0.2, 0) is 0 Å². The van der Waals surface area contributed by atoms with E-state index < -0.39 is 0 Å². The van der Waals surface area contributed by atoms with Crippen LogP contribution in [0.25, 0.3) is 47.2 Å². The normalized spacial score (nSPS) is 14.1. The molecule has 0 bridgehead atoms. The van der Waals surface area contributed by atoms with Crippen molar-refractivity contribution >= 4 is 81.4 Å². The molecular formula is C66H62N2. The highest BCUT2D eigenvalue weighted by atomic mass is 15.2. The van der Waals surface area contributed by atoms with Gasteiger partial charge in [0.15, 0.2) is 0 Å². The highest BCUT2D eigenvalue weighted by Gasteiger charge is 2.25. The van der Waals surface area contributed by atoms with Crippen molar-refractivity contribution in [2.45, 2.75) is 78.1 Å². The minimum absolute atomic E-state index is 1.12. The monoisotopic (exact) mass is 882 g/mol. The zero-order valence-electron chi connectivity index (χ0n) is 39.8. The molecule has 2 saturated carbocycles. The fourth-order valence-corrected chi connectivity index (χ4v) is 10.2. The van der Waals surface area contributed by atoms with Gasteiger partial charge in [0.05, 0.1) is 11.4 Å². The Morgan fingerprint density at radius 1 is 0.294 bits per heavy atom. The topological polar surface area (TPSA) is 6.48 Å². The molecule has 0 atom stereocenters. The Morgan fingerprint density at radius 3 is 0.912 bits per heavy atom. The van der Waals surface area contributed by atoms with Crippen molar-refractivity contribution in [2.75, 3.05) is 9.80 Å². The summed E-state index contributed by atoms with van der Waals surface area (Å²) in [7, 11) is 0. The van der Waals surface area contributed by atoms with E-state index in [-0.39, 0.29) is 0 Å². The van der Waals surface area contributed by atoms with Crippen LogP contribution in [0.3, 0.4) is 0 Å². The van der Waals surface area contributed by atoms with Crippen molar-refractivity contribution in [1.82, 2.24) is 0 Å².